The molecule has 0 spiro atoms. The van der Waals surface area contributed by atoms with Gasteiger partial charge in [-0.25, -0.2) is 4.79 Å². The zero-order chi connectivity index (χ0) is 17.6. The summed E-state index contributed by atoms with van der Waals surface area (Å²) in [5.41, 5.74) is 3.06. The third kappa shape index (κ3) is 4.24. The van der Waals surface area contributed by atoms with Crippen LogP contribution in [-0.4, -0.2) is 25.7 Å². The molecule has 1 saturated heterocycles. The first-order valence-corrected chi connectivity index (χ1v) is 8.82. The number of urea groups is 1. The Morgan fingerprint density at radius 1 is 1.24 bits per heavy atom. The maximum Gasteiger partial charge on any atom is 0.321 e. The first-order valence-electron chi connectivity index (χ1n) is 8.82. The highest BCUT2D eigenvalue weighted by Crippen LogP contribution is 2.26. The maximum absolute atomic E-state index is 12.0. The molecule has 2 aromatic rings. The van der Waals surface area contributed by atoms with Gasteiger partial charge in [-0.2, -0.15) is 0 Å². The van der Waals surface area contributed by atoms with Crippen LogP contribution in [0.15, 0.2) is 48.5 Å². The summed E-state index contributed by atoms with van der Waals surface area (Å²) in [5, 5.41) is 6.40. The molecule has 0 aromatic heterocycles. The predicted octanol–water partition coefficient (Wildman–Crippen LogP) is 4.18. The molecular weight excluding hydrogens is 314 g/mol. The van der Waals surface area contributed by atoms with Crippen molar-refractivity contribution in [2.24, 2.45) is 0 Å². The molecule has 1 atom stereocenters. The summed E-state index contributed by atoms with van der Waals surface area (Å²) in [4.78, 5) is 13.8. The lowest BCUT2D eigenvalue weighted by atomic mass is 10.1. The van der Waals surface area contributed by atoms with Gasteiger partial charge >= 0.3 is 6.03 Å². The van der Waals surface area contributed by atoms with Crippen LogP contribution in [0.5, 0.6) is 5.75 Å². The first-order chi connectivity index (χ1) is 12.2. The molecule has 1 aliphatic rings. The molecule has 0 bridgehead atoms. The topological polar surface area (TPSA) is 53.6 Å². The van der Waals surface area contributed by atoms with Crippen molar-refractivity contribution in [2.75, 3.05) is 29.9 Å². The third-order valence-electron chi connectivity index (χ3n) is 4.29. The van der Waals surface area contributed by atoms with Gasteiger partial charge in [0.25, 0.3) is 0 Å². The van der Waals surface area contributed by atoms with Crippen molar-refractivity contribution in [3.8, 4) is 5.75 Å². The van der Waals surface area contributed by atoms with Crippen molar-refractivity contribution < 1.29 is 9.53 Å². The summed E-state index contributed by atoms with van der Waals surface area (Å²) >= 11 is 0. The summed E-state index contributed by atoms with van der Waals surface area (Å²) in [5.74, 6) is 0.882. The standard InChI is InChI=1S/C20H25N3O2/c1-3-25-19-10-4-7-16(13-19)15(2)22-17-8-5-9-18(14-17)23-12-6-11-21-20(23)24/h4-5,7-10,13-15,22H,3,6,11-12H2,1-2H3,(H,21,24). The van der Waals surface area contributed by atoms with Crippen LogP contribution >= 0.6 is 0 Å². The van der Waals surface area contributed by atoms with Crippen LogP contribution in [0.2, 0.25) is 0 Å². The van der Waals surface area contributed by atoms with Gasteiger partial charge in [0.05, 0.1) is 6.61 Å². The Morgan fingerprint density at radius 3 is 2.88 bits per heavy atom. The second kappa shape index (κ2) is 7.92. The fourth-order valence-electron chi connectivity index (χ4n) is 3.01. The van der Waals surface area contributed by atoms with Crippen molar-refractivity contribution >= 4 is 17.4 Å². The molecule has 1 unspecified atom stereocenters. The number of hydrogen-bond donors (Lipinski definition) is 2. The first kappa shape index (κ1) is 17.1. The van der Waals surface area contributed by atoms with Crippen LogP contribution in [-0.2, 0) is 0 Å². The van der Waals surface area contributed by atoms with Gasteiger partial charge in [0, 0.05) is 30.5 Å². The molecule has 1 fully saturated rings. The molecule has 1 heterocycles. The van der Waals surface area contributed by atoms with E-state index < -0.39 is 0 Å². The normalized spacial score (nSPS) is 15.4. The Bertz CT molecular complexity index is 732. The second-order valence-electron chi connectivity index (χ2n) is 6.16. The molecule has 2 aromatic carbocycles. The molecule has 2 N–H and O–H groups in total. The van der Waals surface area contributed by atoms with Crippen LogP contribution in [0.4, 0.5) is 16.2 Å². The number of hydrogen-bond acceptors (Lipinski definition) is 3. The van der Waals surface area contributed by atoms with E-state index in [1.54, 1.807) is 4.90 Å². The zero-order valence-electron chi connectivity index (χ0n) is 14.8. The molecule has 3 rings (SSSR count). The molecule has 0 aliphatic carbocycles. The molecule has 2 amide bonds. The minimum absolute atomic E-state index is 0.0270. The van der Waals surface area contributed by atoms with Gasteiger partial charge < -0.3 is 15.4 Å². The van der Waals surface area contributed by atoms with Gasteiger partial charge in [0.2, 0.25) is 0 Å². The predicted molar refractivity (Wildman–Crippen MR) is 101 cm³/mol. The van der Waals surface area contributed by atoms with Crippen LogP contribution in [0.25, 0.3) is 0 Å². The number of ether oxygens (including phenoxy) is 1. The largest absolute Gasteiger partial charge is 0.494 e. The van der Waals surface area contributed by atoms with Crippen molar-refractivity contribution in [1.29, 1.82) is 0 Å². The van der Waals surface area contributed by atoms with E-state index in [4.69, 9.17) is 4.74 Å². The maximum atomic E-state index is 12.0. The van der Waals surface area contributed by atoms with Crippen molar-refractivity contribution in [3.63, 3.8) is 0 Å². The average Bonchev–Trinajstić information content (AvgIpc) is 2.63. The highest BCUT2D eigenvalue weighted by molar-refractivity contribution is 5.93. The summed E-state index contributed by atoms with van der Waals surface area (Å²) in [6.07, 6.45) is 0.962. The summed E-state index contributed by atoms with van der Waals surface area (Å²) in [6.45, 7) is 6.26. The van der Waals surface area contributed by atoms with E-state index in [0.29, 0.717) is 6.61 Å². The minimum Gasteiger partial charge on any atom is -0.494 e. The van der Waals surface area contributed by atoms with E-state index in [0.717, 1.165) is 42.2 Å². The Labute approximate surface area is 149 Å². The number of benzene rings is 2. The number of nitrogens with one attached hydrogen (secondary N) is 2. The Hall–Kier alpha value is -2.69. The molecular formula is C20H25N3O2. The number of carbonyl (C=O) groups is 1. The van der Waals surface area contributed by atoms with Crippen LogP contribution in [0.1, 0.15) is 31.9 Å². The third-order valence-corrected chi connectivity index (χ3v) is 4.29. The fraction of sp³-hybridized carbons (Fsp3) is 0.350. The minimum atomic E-state index is -0.0270. The van der Waals surface area contributed by atoms with Gasteiger partial charge in [-0.3, -0.25) is 4.90 Å². The number of nitrogens with zero attached hydrogens (tertiary/aromatic N) is 1. The summed E-state index contributed by atoms with van der Waals surface area (Å²) in [7, 11) is 0. The Kier molecular flexibility index (Phi) is 5.43. The SMILES string of the molecule is CCOc1cccc(C(C)Nc2cccc(N3CCCNC3=O)c2)c1. The van der Waals surface area contributed by atoms with Crippen molar-refractivity contribution in [3.05, 3.63) is 54.1 Å². The molecule has 25 heavy (non-hydrogen) atoms. The highest BCUT2D eigenvalue weighted by Gasteiger charge is 2.19. The van der Waals surface area contributed by atoms with Crippen LogP contribution < -0.4 is 20.3 Å². The van der Waals surface area contributed by atoms with E-state index >= 15 is 0 Å². The van der Waals surface area contributed by atoms with Crippen LogP contribution in [0, 0.1) is 0 Å². The van der Waals surface area contributed by atoms with Crippen LogP contribution in [0.3, 0.4) is 0 Å². The molecule has 5 nitrogen and oxygen atoms in total. The zero-order valence-corrected chi connectivity index (χ0v) is 14.8. The number of carbonyl (C=O) groups excluding carboxylic acids is 1. The molecule has 5 heteroatoms. The average molecular weight is 339 g/mol. The van der Waals surface area contributed by atoms with E-state index in [2.05, 4.69) is 29.7 Å². The Balaban J connectivity index is 1.73. The summed E-state index contributed by atoms with van der Waals surface area (Å²) < 4.78 is 5.58. The lowest BCUT2D eigenvalue weighted by molar-refractivity contribution is 0.243. The number of rotatable bonds is 6. The smallest absolute Gasteiger partial charge is 0.321 e. The van der Waals surface area contributed by atoms with Gasteiger partial charge in [-0.1, -0.05) is 18.2 Å². The molecule has 0 saturated carbocycles. The quantitative estimate of drug-likeness (QED) is 0.830. The monoisotopic (exact) mass is 339 g/mol. The highest BCUT2D eigenvalue weighted by atomic mass is 16.5. The van der Waals surface area contributed by atoms with Gasteiger partial charge in [-0.05, 0) is 56.2 Å². The lowest BCUT2D eigenvalue weighted by Gasteiger charge is -2.28. The van der Waals surface area contributed by atoms with Crippen molar-refractivity contribution in [1.82, 2.24) is 5.32 Å². The van der Waals surface area contributed by atoms with Crippen molar-refractivity contribution in [2.45, 2.75) is 26.3 Å². The fourth-order valence-corrected chi connectivity index (χ4v) is 3.01. The lowest BCUT2D eigenvalue weighted by Crippen LogP contribution is -2.46. The Morgan fingerprint density at radius 2 is 2.08 bits per heavy atom. The van der Waals surface area contributed by atoms with Gasteiger partial charge in [0.15, 0.2) is 0 Å². The van der Waals surface area contributed by atoms with E-state index in [1.165, 1.54) is 0 Å². The number of anilines is 2. The van der Waals surface area contributed by atoms with E-state index in [-0.39, 0.29) is 12.1 Å². The molecule has 132 valence electrons. The van der Waals surface area contributed by atoms with E-state index in [1.807, 2.05) is 43.3 Å². The second-order valence-corrected chi connectivity index (χ2v) is 6.16. The number of amides is 2. The van der Waals surface area contributed by atoms with Gasteiger partial charge in [-0.15, -0.1) is 0 Å². The summed E-state index contributed by atoms with van der Waals surface area (Å²) in [6, 6.07) is 16.2. The van der Waals surface area contributed by atoms with E-state index in [9.17, 15) is 4.79 Å². The molecule has 1 aliphatic heterocycles. The molecule has 0 radical (unpaired) electrons. The van der Waals surface area contributed by atoms with Gasteiger partial charge in [0.1, 0.15) is 5.75 Å².